The quantitative estimate of drug-likeness (QED) is 0.679. The van der Waals surface area contributed by atoms with Crippen LogP contribution in [0.25, 0.3) is 6.08 Å². The second-order valence-corrected chi connectivity index (χ2v) is 5.53. The minimum Gasteiger partial charge on any atom is -0.466 e. The van der Waals surface area contributed by atoms with Gasteiger partial charge in [0.05, 0.1) is 7.11 Å². The Balaban J connectivity index is 2.75. The Kier molecular flexibility index (Phi) is 5.67. The SMILES string of the molecule is COC(=O)/C=C/c1ccc(C(N)C(=O)OC(C)(C)C)cc1. The zero-order chi connectivity index (χ0) is 16.0. The Labute approximate surface area is 124 Å². The summed E-state index contributed by atoms with van der Waals surface area (Å²) in [6, 6.07) is 6.15. The molecule has 21 heavy (non-hydrogen) atoms. The highest BCUT2D eigenvalue weighted by molar-refractivity contribution is 5.87. The van der Waals surface area contributed by atoms with E-state index in [0.717, 1.165) is 5.56 Å². The average Bonchev–Trinajstić information content (AvgIpc) is 2.42. The molecule has 0 bridgehead atoms. The molecule has 0 aliphatic rings. The number of esters is 2. The van der Waals surface area contributed by atoms with Gasteiger partial charge in [-0.3, -0.25) is 0 Å². The summed E-state index contributed by atoms with van der Waals surface area (Å²) in [6.07, 6.45) is 2.94. The summed E-state index contributed by atoms with van der Waals surface area (Å²) in [7, 11) is 1.32. The summed E-state index contributed by atoms with van der Waals surface area (Å²) in [4.78, 5) is 22.9. The lowest BCUT2D eigenvalue weighted by atomic mass is 10.0. The van der Waals surface area contributed by atoms with E-state index in [-0.39, 0.29) is 0 Å². The Morgan fingerprint density at radius 2 is 1.76 bits per heavy atom. The predicted octanol–water partition coefficient (Wildman–Crippen LogP) is 2.21. The van der Waals surface area contributed by atoms with Gasteiger partial charge >= 0.3 is 11.9 Å². The molecule has 5 nitrogen and oxygen atoms in total. The summed E-state index contributed by atoms with van der Waals surface area (Å²) in [5.41, 5.74) is 6.76. The second kappa shape index (κ2) is 7.04. The second-order valence-electron chi connectivity index (χ2n) is 5.53. The molecule has 0 radical (unpaired) electrons. The largest absolute Gasteiger partial charge is 0.466 e. The standard InChI is InChI=1S/C16H21NO4/c1-16(2,3)21-15(19)14(17)12-8-5-11(6-9-12)7-10-13(18)20-4/h5-10,14H,17H2,1-4H3/b10-7+. The number of ether oxygens (including phenoxy) is 2. The first-order valence-corrected chi connectivity index (χ1v) is 6.57. The van der Waals surface area contributed by atoms with Crippen LogP contribution in [0, 0.1) is 0 Å². The van der Waals surface area contributed by atoms with Gasteiger partial charge in [-0.25, -0.2) is 9.59 Å². The van der Waals surface area contributed by atoms with Crippen LogP contribution < -0.4 is 5.73 Å². The van der Waals surface area contributed by atoms with Crippen LogP contribution in [-0.2, 0) is 19.1 Å². The number of benzene rings is 1. The molecule has 0 saturated carbocycles. The molecule has 0 fully saturated rings. The highest BCUT2D eigenvalue weighted by Crippen LogP contribution is 2.17. The highest BCUT2D eigenvalue weighted by atomic mass is 16.6. The molecule has 0 amide bonds. The summed E-state index contributed by atoms with van der Waals surface area (Å²) in [5.74, 6) is -0.898. The Morgan fingerprint density at radius 1 is 1.19 bits per heavy atom. The molecule has 0 heterocycles. The van der Waals surface area contributed by atoms with Crippen LogP contribution in [0.3, 0.4) is 0 Å². The van der Waals surface area contributed by atoms with Crippen LogP contribution in [0.4, 0.5) is 0 Å². The summed E-state index contributed by atoms with van der Waals surface area (Å²) >= 11 is 0. The number of hydrogen-bond acceptors (Lipinski definition) is 5. The van der Waals surface area contributed by atoms with Crippen molar-refractivity contribution in [1.82, 2.24) is 0 Å². The maximum absolute atomic E-state index is 11.9. The number of carbonyl (C=O) groups is 2. The minimum absolute atomic E-state index is 0.426. The van der Waals surface area contributed by atoms with Crippen molar-refractivity contribution in [1.29, 1.82) is 0 Å². The van der Waals surface area contributed by atoms with Crippen molar-refractivity contribution in [3.63, 3.8) is 0 Å². The van der Waals surface area contributed by atoms with E-state index in [0.29, 0.717) is 5.56 Å². The summed E-state index contributed by atoms with van der Waals surface area (Å²) in [5, 5.41) is 0. The maximum atomic E-state index is 11.9. The fraction of sp³-hybridized carbons (Fsp3) is 0.375. The zero-order valence-corrected chi connectivity index (χ0v) is 12.8. The van der Waals surface area contributed by atoms with Gasteiger partial charge in [0.1, 0.15) is 11.6 Å². The first-order valence-electron chi connectivity index (χ1n) is 6.57. The third-order valence-electron chi connectivity index (χ3n) is 2.57. The zero-order valence-electron chi connectivity index (χ0n) is 12.8. The molecular weight excluding hydrogens is 270 g/mol. The molecule has 1 rings (SSSR count). The number of carbonyl (C=O) groups excluding carboxylic acids is 2. The van der Waals surface area contributed by atoms with Crippen molar-refractivity contribution >= 4 is 18.0 Å². The number of rotatable bonds is 4. The van der Waals surface area contributed by atoms with Crippen LogP contribution in [0.1, 0.15) is 37.9 Å². The third kappa shape index (κ3) is 5.79. The van der Waals surface area contributed by atoms with Crippen molar-refractivity contribution in [2.45, 2.75) is 32.4 Å². The number of nitrogens with two attached hydrogens (primary N) is 1. The maximum Gasteiger partial charge on any atom is 0.330 e. The molecule has 114 valence electrons. The van der Waals surface area contributed by atoms with Crippen molar-refractivity contribution in [2.24, 2.45) is 5.73 Å². The summed E-state index contributed by atoms with van der Waals surface area (Å²) < 4.78 is 9.74. The van der Waals surface area contributed by atoms with Gasteiger partial charge < -0.3 is 15.2 Å². The summed E-state index contributed by atoms with van der Waals surface area (Å²) in [6.45, 7) is 5.37. The predicted molar refractivity (Wildman–Crippen MR) is 80.3 cm³/mol. The van der Waals surface area contributed by atoms with Crippen molar-refractivity contribution in [2.75, 3.05) is 7.11 Å². The van der Waals surface area contributed by atoms with Gasteiger partial charge in [0, 0.05) is 6.08 Å². The lowest BCUT2D eigenvalue weighted by molar-refractivity contribution is -0.156. The van der Waals surface area contributed by atoms with E-state index in [1.54, 1.807) is 51.1 Å². The molecule has 1 atom stereocenters. The normalized spacial score (nSPS) is 13.0. The molecular formula is C16H21NO4. The van der Waals surface area contributed by atoms with Crippen molar-refractivity contribution in [3.05, 3.63) is 41.5 Å². The van der Waals surface area contributed by atoms with Gasteiger partial charge in [-0.1, -0.05) is 24.3 Å². The molecule has 1 unspecified atom stereocenters. The monoisotopic (exact) mass is 291 g/mol. The first kappa shape index (κ1) is 16.9. The lowest BCUT2D eigenvalue weighted by Crippen LogP contribution is -2.31. The topological polar surface area (TPSA) is 78.6 Å². The minimum atomic E-state index is -0.831. The van der Waals surface area contributed by atoms with Gasteiger partial charge in [-0.2, -0.15) is 0 Å². The van der Waals surface area contributed by atoms with Gasteiger partial charge in [0.15, 0.2) is 0 Å². The highest BCUT2D eigenvalue weighted by Gasteiger charge is 2.23. The van der Waals surface area contributed by atoms with Crippen LogP contribution in [-0.4, -0.2) is 24.6 Å². The van der Waals surface area contributed by atoms with Gasteiger partial charge in [-0.15, -0.1) is 0 Å². The molecule has 0 aromatic heterocycles. The smallest absolute Gasteiger partial charge is 0.330 e. The van der Waals surface area contributed by atoms with Crippen LogP contribution in [0.2, 0.25) is 0 Å². The molecule has 2 N–H and O–H groups in total. The van der Waals surface area contributed by atoms with Gasteiger partial charge in [0.2, 0.25) is 0 Å². The van der Waals surface area contributed by atoms with E-state index >= 15 is 0 Å². The van der Waals surface area contributed by atoms with E-state index in [9.17, 15) is 9.59 Å². The van der Waals surface area contributed by atoms with E-state index in [1.807, 2.05) is 0 Å². The van der Waals surface area contributed by atoms with E-state index in [2.05, 4.69) is 4.74 Å². The molecule has 0 aliphatic heterocycles. The lowest BCUT2D eigenvalue weighted by Gasteiger charge is -2.22. The van der Waals surface area contributed by atoms with Crippen LogP contribution in [0.15, 0.2) is 30.3 Å². The third-order valence-corrected chi connectivity index (χ3v) is 2.57. The van der Waals surface area contributed by atoms with Crippen LogP contribution in [0.5, 0.6) is 0 Å². The van der Waals surface area contributed by atoms with E-state index in [1.165, 1.54) is 13.2 Å². The Bertz CT molecular complexity index is 526. The molecule has 5 heteroatoms. The molecule has 0 aliphatic carbocycles. The van der Waals surface area contributed by atoms with Crippen molar-refractivity contribution in [3.8, 4) is 0 Å². The fourth-order valence-electron chi connectivity index (χ4n) is 1.55. The fourth-order valence-corrected chi connectivity index (χ4v) is 1.55. The van der Waals surface area contributed by atoms with Crippen LogP contribution >= 0.6 is 0 Å². The molecule has 0 spiro atoms. The van der Waals surface area contributed by atoms with E-state index in [4.69, 9.17) is 10.5 Å². The van der Waals surface area contributed by atoms with Crippen molar-refractivity contribution < 1.29 is 19.1 Å². The molecule has 1 aromatic rings. The molecule has 0 saturated heterocycles. The Morgan fingerprint density at radius 3 is 2.24 bits per heavy atom. The Hall–Kier alpha value is -2.14. The number of methoxy groups -OCH3 is 1. The number of hydrogen-bond donors (Lipinski definition) is 1. The van der Waals surface area contributed by atoms with Gasteiger partial charge in [-0.05, 0) is 38.0 Å². The molecule has 1 aromatic carbocycles. The van der Waals surface area contributed by atoms with Gasteiger partial charge in [0.25, 0.3) is 0 Å². The van der Waals surface area contributed by atoms with E-state index < -0.39 is 23.6 Å². The first-order chi connectivity index (χ1) is 9.73. The average molecular weight is 291 g/mol.